The lowest BCUT2D eigenvalue weighted by Crippen LogP contribution is -2.30. The fourth-order valence-corrected chi connectivity index (χ4v) is 4.61. The molecule has 3 rings (SSSR count). The molecular weight excluding hydrogens is 457 g/mol. The van der Waals surface area contributed by atoms with Gasteiger partial charge in [-0.3, -0.25) is 9.52 Å². The molecule has 10 heteroatoms. The number of amides is 1. The zero-order valence-electron chi connectivity index (χ0n) is 18.5. The first-order chi connectivity index (χ1) is 15.2. The second-order valence-electron chi connectivity index (χ2n) is 8.74. The van der Waals surface area contributed by atoms with Crippen molar-refractivity contribution in [3.8, 4) is 0 Å². The van der Waals surface area contributed by atoms with Gasteiger partial charge in [0.15, 0.2) is 0 Å². The molecule has 0 aromatic heterocycles. The molecule has 1 aliphatic rings. The van der Waals surface area contributed by atoms with Gasteiger partial charge in [-0.25, -0.2) is 8.42 Å². The number of benzene rings is 2. The van der Waals surface area contributed by atoms with E-state index in [1.54, 1.807) is 25.1 Å². The van der Waals surface area contributed by atoms with Crippen LogP contribution in [0.3, 0.4) is 0 Å². The number of rotatable bonds is 8. The van der Waals surface area contributed by atoms with Crippen molar-refractivity contribution >= 4 is 21.6 Å². The van der Waals surface area contributed by atoms with Crippen LogP contribution in [0.2, 0.25) is 0 Å². The molecule has 1 saturated carbocycles. The van der Waals surface area contributed by atoms with E-state index in [0.717, 1.165) is 24.0 Å². The number of aliphatic hydroxyl groups is 1. The standard InChI is InChI=1S/C23H27F3N2O4S/c1-14(15-4-9-20(28-33(3,31)32)16(12-15)10-11-29)27-21(30)19-13-22(19,2)17-5-7-18(8-6-17)23(24,25)26/h4-9,12,14,19,28-29H,10-11,13H2,1-3H3,(H,27,30)/t14-,19-,22-/m1/s1. The average molecular weight is 485 g/mol. The van der Waals surface area contributed by atoms with Crippen molar-refractivity contribution in [1.82, 2.24) is 5.32 Å². The van der Waals surface area contributed by atoms with E-state index in [2.05, 4.69) is 10.0 Å². The smallest absolute Gasteiger partial charge is 0.396 e. The van der Waals surface area contributed by atoms with E-state index in [0.29, 0.717) is 23.2 Å². The molecule has 3 atom stereocenters. The minimum Gasteiger partial charge on any atom is -0.396 e. The second-order valence-corrected chi connectivity index (χ2v) is 10.5. The number of sulfonamides is 1. The maximum Gasteiger partial charge on any atom is 0.416 e. The Morgan fingerprint density at radius 3 is 2.39 bits per heavy atom. The van der Waals surface area contributed by atoms with Crippen molar-refractivity contribution < 1.29 is 31.5 Å². The van der Waals surface area contributed by atoms with E-state index < -0.39 is 27.2 Å². The van der Waals surface area contributed by atoms with Gasteiger partial charge < -0.3 is 10.4 Å². The third kappa shape index (κ3) is 5.86. The molecule has 0 heterocycles. The Morgan fingerprint density at radius 1 is 1.21 bits per heavy atom. The SMILES string of the molecule is C[C@@H](NC(=O)[C@H]1C[C@]1(C)c1ccc(C(F)(F)F)cc1)c1ccc(NS(C)(=O)=O)c(CCO)c1. The molecule has 180 valence electrons. The number of nitrogens with one attached hydrogen (secondary N) is 2. The lowest BCUT2D eigenvalue weighted by Gasteiger charge is -2.19. The Labute approximate surface area is 191 Å². The van der Waals surface area contributed by atoms with Gasteiger partial charge in [-0.1, -0.05) is 31.2 Å². The molecule has 3 N–H and O–H groups in total. The highest BCUT2D eigenvalue weighted by Crippen LogP contribution is 2.54. The molecule has 6 nitrogen and oxygen atoms in total. The number of carbonyl (C=O) groups is 1. The summed E-state index contributed by atoms with van der Waals surface area (Å²) in [5.74, 6) is -0.563. The molecule has 1 fully saturated rings. The van der Waals surface area contributed by atoms with E-state index in [4.69, 9.17) is 0 Å². The largest absolute Gasteiger partial charge is 0.416 e. The third-order valence-electron chi connectivity index (χ3n) is 6.09. The van der Waals surface area contributed by atoms with Gasteiger partial charge in [0.05, 0.1) is 23.5 Å². The van der Waals surface area contributed by atoms with Crippen LogP contribution < -0.4 is 10.0 Å². The number of hydrogen-bond donors (Lipinski definition) is 3. The number of carbonyl (C=O) groups excluding carboxylic acids is 1. The molecule has 1 aliphatic carbocycles. The molecule has 2 aromatic carbocycles. The molecule has 0 unspecified atom stereocenters. The van der Waals surface area contributed by atoms with Gasteiger partial charge in [0.25, 0.3) is 0 Å². The summed E-state index contributed by atoms with van der Waals surface area (Å²) >= 11 is 0. The van der Waals surface area contributed by atoms with Crippen molar-refractivity contribution in [2.75, 3.05) is 17.6 Å². The summed E-state index contributed by atoms with van der Waals surface area (Å²) in [6.07, 6.45) is -2.60. The van der Waals surface area contributed by atoms with E-state index in [9.17, 15) is 31.5 Å². The Kier molecular flexibility index (Phi) is 6.82. The van der Waals surface area contributed by atoms with Crippen LogP contribution in [0.4, 0.5) is 18.9 Å². The topological polar surface area (TPSA) is 95.5 Å². The highest BCUT2D eigenvalue weighted by Gasteiger charge is 2.55. The molecule has 1 amide bonds. The van der Waals surface area contributed by atoms with Gasteiger partial charge in [-0.15, -0.1) is 0 Å². The maximum atomic E-state index is 12.8. The summed E-state index contributed by atoms with van der Waals surface area (Å²) in [6, 6.07) is 9.55. The molecule has 2 aromatic rings. The van der Waals surface area contributed by atoms with E-state index in [1.807, 2.05) is 6.92 Å². The lowest BCUT2D eigenvalue weighted by molar-refractivity contribution is -0.137. The van der Waals surface area contributed by atoms with Gasteiger partial charge >= 0.3 is 6.18 Å². The Morgan fingerprint density at radius 2 is 1.85 bits per heavy atom. The first-order valence-electron chi connectivity index (χ1n) is 10.4. The zero-order chi connectivity index (χ0) is 24.6. The molecule has 0 radical (unpaired) electrons. The van der Waals surface area contributed by atoms with Crippen LogP contribution in [0.25, 0.3) is 0 Å². The lowest BCUT2D eigenvalue weighted by atomic mass is 9.94. The van der Waals surface area contributed by atoms with Crippen LogP contribution in [-0.4, -0.2) is 32.3 Å². The van der Waals surface area contributed by atoms with Gasteiger partial charge in [0.2, 0.25) is 15.9 Å². The molecule has 0 aliphatic heterocycles. The molecule has 0 saturated heterocycles. The van der Waals surface area contributed by atoms with E-state index >= 15 is 0 Å². The van der Waals surface area contributed by atoms with Crippen molar-refractivity contribution in [3.63, 3.8) is 0 Å². The number of aliphatic hydroxyl groups excluding tert-OH is 1. The van der Waals surface area contributed by atoms with Gasteiger partial charge in [0.1, 0.15) is 0 Å². The summed E-state index contributed by atoms with van der Waals surface area (Å²) in [4.78, 5) is 12.8. The van der Waals surface area contributed by atoms with Gasteiger partial charge in [-0.2, -0.15) is 13.2 Å². The predicted molar refractivity (Wildman–Crippen MR) is 119 cm³/mol. The van der Waals surface area contributed by atoms with Crippen molar-refractivity contribution in [3.05, 3.63) is 64.7 Å². The Hall–Kier alpha value is -2.59. The fourth-order valence-electron chi connectivity index (χ4n) is 4.01. The first-order valence-corrected chi connectivity index (χ1v) is 12.3. The minimum atomic E-state index is -4.41. The van der Waals surface area contributed by atoms with Crippen LogP contribution in [-0.2, 0) is 32.8 Å². The summed E-state index contributed by atoms with van der Waals surface area (Å²) in [5.41, 5.74) is 1.14. The summed E-state index contributed by atoms with van der Waals surface area (Å²) in [6.45, 7) is 3.48. The molecule has 0 bridgehead atoms. The first kappa shape index (κ1) is 25.0. The average Bonchev–Trinajstić information content (AvgIpc) is 3.41. The quantitative estimate of drug-likeness (QED) is 0.532. The second kappa shape index (κ2) is 8.98. The Bertz CT molecular complexity index is 1130. The number of hydrogen-bond acceptors (Lipinski definition) is 4. The summed E-state index contributed by atoms with van der Waals surface area (Å²) < 4.78 is 64.0. The van der Waals surface area contributed by atoms with Crippen LogP contribution in [0.1, 0.15) is 48.6 Å². The van der Waals surface area contributed by atoms with Crippen LogP contribution in [0, 0.1) is 5.92 Å². The zero-order valence-corrected chi connectivity index (χ0v) is 19.3. The van der Waals surface area contributed by atoms with Gasteiger partial charge in [-0.05, 0) is 54.7 Å². The molecule has 0 spiro atoms. The van der Waals surface area contributed by atoms with Crippen molar-refractivity contribution in [2.24, 2.45) is 5.92 Å². The van der Waals surface area contributed by atoms with Crippen molar-refractivity contribution in [1.29, 1.82) is 0 Å². The highest BCUT2D eigenvalue weighted by atomic mass is 32.2. The minimum absolute atomic E-state index is 0.170. The number of alkyl halides is 3. The van der Waals surface area contributed by atoms with Crippen LogP contribution in [0.15, 0.2) is 42.5 Å². The van der Waals surface area contributed by atoms with Gasteiger partial charge in [0, 0.05) is 17.9 Å². The fraction of sp³-hybridized carbons (Fsp3) is 0.435. The van der Waals surface area contributed by atoms with Crippen molar-refractivity contribution in [2.45, 2.75) is 44.3 Å². The molecule has 33 heavy (non-hydrogen) atoms. The summed E-state index contributed by atoms with van der Waals surface area (Å²) in [7, 11) is -3.49. The normalized spacial score (nSPS) is 21.4. The van der Waals surface area contributed by atoms with E-state index in [1.165, 1.54) is 12.1 Å². The predicted octanol–water partition coefficient (Wildman–Crippen LogP) is 3.77. The third-order valence-corrected chi connectivity index (χ3v) is 6.68. The van der Waals surface area contributed by atoms with Crippen LogP contribution in [0.5, 0.6) is 0 Å². The maximum absolute atomic E-state index is 12.8. The highest BCUT2D eigenvalue weighted by molar-refractivity contribution is 7.92. The van der Waals surface area contributed by atoms with E-state index in [-0.39, 0.29) is 30.9 Å². The molecular formula is C23H27F3N2O4S. The number of anilines is 1. The summed E-state index contributed by atoms with van der Waals surface area (Å²) in [5, 5.41) is 12.3. The Balaban J connectivity index is 1.70. The van der Waals surface area contributed by atoms with Crippen LogP contribution >= 0.6 is 0 Å². The number of halogens is 3. The monoisotopic (exact) mass is 484 g/mol.